The lowest BCUT2D eigenvalue weighted by Gasteiger charge is -2.20. The predicted octanol–water partition coefficient (Wildman–Crippen LogP) is 2.91. The van der Waals surface area contributed by atoms with Gasteiger partial charge in [-0.25, -0.2) is 12.7 Å². The first-order valence-corrected chi connectivity index (χ1v) is 9.25. The Bertz CT molecular complexity index is 896. The number of hydrogen-bond acceptors (Lipinski definition) is 4. The highest BCUT2D eigenvalue weighted by atomic mass is 35.5. The molecule has 1 N–H and O–H groups in total. The van der Waals surface area contributed by atoms with Gasteiger partial charge >= 0.3 is 0 Å². The number of nitrogens with zero attached hydrogens (tertiary/aromatic N) is 2. The van der Waals surface area contributed by atoms with Crippen molar-refractivity contribution in [2.24, 2.45) is 0 Å². The maximum absolute atomic E-state index is 12.5. The van der Waals surface area contributed by atoms with E-state index in [4.69, 9.17) is 11.6 Å². The third-order valence-corrected chi connectivity index (χ3v) is 5.61. The summed E-state index contributed by atoms with van der Waals surface area (Å²) < 4.78 is 25.8. The van der Waals surface area contributed by atoms with Gasteiger partial charge in [0, 0.05) is 38.8 Å². The largest absolute Gasteiger partial charge is 0.376 e. The van der Waals surface area contributed by atoms with Crippen LogP contribution in [-0.2, 0) is 10.0 Å². The Labute approximate surface area is 153 Å². The smallest absolute Gasteiger partial charge is 0.255 e. The lowest BCUT2D eigenvalue weighted by atomic mass is 10.2. The van der Waals surface area contributed by atoms with Crippen LogP contribution >= 0.6 is 11.6 Å². The molecule has 6 nitrogen and oxygen atoms in total. The van der Waals surface area contributed by atoms with E-state index in [1.807, 2.05) is 14.1 Å². The van der Waals surface area contributed by atoms with E-state index in [-0.39, 0.29) is 10.8 Å². The second-order valence-corrected chi connectivity index (χ2v) is 8.41. The molecule has 0 atom stereocenters. The van der Waals surface area contributed by atoms with Gasteiger partial charge in [0.05, 0.1) is 16.3 Å². The molecule has 0 bridgehead atoms. The molecule has 0 aromatic heterocycles. The van der Waals surface area contributed by atoms with Crippen LogP contribution in [0.15, 0.2) is 47.4 Å². The number of hydrogen-bond donors (Lipinski definition) is 1. The summed E-state index contributed by atoms with van der Waals surface area (Å²) in [5.41, 5.74) is 1.48. The van der Waals surface area contributed by atoms with E-state index < -0.39 is 10.0 Å². The molecule has 1 amide bonds. The number of carbonyl (C=O) groups excluding carboxylic acids is 1. The lowest BCUT2D eigenvalue weighted by Crippen LogP contribution is -2.23. The van der Waals surface area contributed by atoms with Gasteiger partial charge in [-0.1, -0.05) is 17.7 Å². The summed E-state index contributed by atoms with van der Waals surface area (Å²) in [5, 5.41) is 3.21. The van der Waals surface area contributed by atoms with Gasteiger partial charge in [-0.2, -0.15) is 0 Å². The summed E-state index contributed by atoms with van der Waals surface area (Å²) in [6.45, 7) is 0. The average molecular weight is 382 g/mol. The highest BCUT2D eigenvalue weighted by Crippen LogP contribution is 2.29. The molecule has 0 aliphatic rings. The average Bonchev–Trinajstić information content (AvgIpc) is 2.54. The Morgan fingerprint density at radius 1 is 1.04 bits per heavy atom. The number of rotatable bonds is 5. The van der Waals surface area contributed by atoms with Crippen LogP contribution in [0.3, 0.4) is 0 Å². The van der Waals surface area contributed by atoms with Crippen LogP contribution in [0.5, 0.6) is 0 Å². The Hall–Kier alpha value is -2.09. The van der Waals surface area contributed by atoms with E-state index in [2.05, 4.69) is 5.32 Å². The standard InChI is InChI=1S/C17H20ClN3O3S/c1-20(2)16-9-8-14(25(23,24)21(3)4)11-15(16)19-17(22)12-6-5-7-13(18)10-12/h5-11H,1-4H3,(H,19,22). The Balaban J connectivity index is 2.45. The van der Waals surface area contributed by atoms with E-state index in [0.29, 0.717) is 22.0 Å². The molecule has 2 rings (SSSR count). The van der Waals surface area contributed by atoms with Crippen molar-refractivity contribution in [3.8, 4) is 0 Å². The SMILES string of the molecule is CN(C)c1ccc(S(=O)(=O)N(C)C)cc1NC(=O)c1cccc(Cl)c1. The topological polar surface area (TPSA) is 69.7 Å². The highest BCUT2D eigenvalue weighted by Gasteiger charge is 2.20. The fraction of sp³-hybridized carbons (Fsp3) is 0.235. The molecule has 0 unspecified atom stereocenters. The van der Waals surface area contributed by atoms with Crippen molar-refractivity contribution >= 4 is 38.9 Å². The van der Waals surface area contributed by atoms with Gasteiger partial charge in [0.25, 0.3) is 5.91 Å². The Morgan fingerprint density at radius 2 is 1.72 bits per heavy atom. The predicted molar refractivity (Wildman–Crippen MR) is 101 cm³/mol. The molecule has 134 valence electrons. The molecule has 0 spiro atoms. The van der Waals surface area contributed by atoms with Crippen LogP contribution in [-0.4, -0.2) is 46.8 Å². The number of nitrogens with one attached hydrogen (secondary N) is 1. The molecular formula is C17H20ClN3O3S. The fourth-order valence-electron chi connectivity index (χ4n) is 2.20. The molecule has 2 aromatic rings. The summed E-state index contributed by atoms with van der Waals surface area (Å²) in [7, 11) is 2.93. The maximum Gasteiger partial charge on any atom is 0.255 e. The molecule has 0 saturated heterocycles. The number of sulfonamides is 1. The fourth-order valence-corrected chi connectivity index (χ4v) is 3.32. The van der Waals surface area contributed by atoms with E-state index in [0.717, 1.165) is 4.31 Å². The molecule has 0 radical (unpaired) electrons. The third kappa shape index (κ3) is 4.31. The normalized spacial score (nSPS) is 11.4. The van der Waals surface area contributed by atoms with Crippen molar-refractivity contribution in [2.75, 3.05) is 38.4 Å². The van der Waals surface area contributed by atoms with Gasteiger partial charge in [-0.05, 0) is 36.4 Å². The molecule has 25 heavy (non-hydrogen) atoms. The summed E-state index contributed by atoms with van der Waals surface area (Å²) in [4.78, 5) is 14.4. The minimum absolute atomic E-state index is 0.101. The molecule has 2 aromatic carbocycles. The molecule has 0 aliphatic carbocycles. The Kier molecular flexibility index (Phi) is 5.72. The maximum atomic E-state index is 12.5. The summed E-state index contributed by atoms with van der Waals surface area (Å²) in [6.07, 6.45) is 0. The number of benzene rings is 2. The van der Waals surface area contributed by atoms with Crippen LogP contribution in [0.1, 0.15) is 10.4 Å². The first-order valence-electron chi connectivity index (χ1n) is 7.44. The van der Waals surface area contributed by atoms with Crippen LogP contribution in [0.25, 0.3) is 0 Å². The van der Waals surface area contributed by atoms with Crippen LogP contribution in [0.2, 0.25) is 5.02 Å². The molecule has 8 heteroatoms. The zero-order valence-corrected chi connectivity index (χ0v) is 16.0. The van der Waals surface area contributed by atoms with Crippen molar-refractivity contribution in [1.82, 2.24) is 4.31 Å². The Morgan fingerprint density at radius 3 is 2.28 bits per heavy atom. The molecular weight excluding hydrogens is 362 g/mol. The van der Waals surface area contributed by atoms with Crippen LogP contribution < -0.4 is 10.2 Å². The van der Waals surface area contributed by atoms with Gasteiger partial charge in [-0.3, -0.25) is 4.79 Å². The number of halogens is 1. The van der Waals surface area contributed by atoms with Crippen LogP contribution in [0.4, 0.5) is 11.4 Å². The monoisotopic (exact) mass is 381 g/mol. The quantitative estimate of drug-likeness (QED) is 0.864. The van der Waals surface area contributed by atoms with E-state index >= 15 is 0 Å². The van der Waals surface area contributed by atoms with Gasteiger partial charge in [0.2, 0.25) is 10.0 Å². The van der Waals surface area contributed by atoms with Gasteiger partial charge in [0.15, 0.2) is 0 Å². The summed E-state index contributed by atoms with van der Waals surface area (Å²) in [6, 6.07) is 11.2. The van der Waals surface area contributed by atoms with Crippen molar-refractivity contribution in [1.29, 1.82) is 0 Å². The second kappa shape index (κ2) is 7.43. The van der Waals surface area contributed by atoms with Crippen molar-refractivity contribution in [2.45, 2.75) is 4.90 Å². The van der Waals surface area contributed by atoms with Crippen LogP contribution in [0, 0.1) is 0 Å². The van der Waals surface area contributed by atoms with Crippen molar-refractivity contribution in [3.63, 3.8) is 0 Å². The minimum atomic E-state index is -3.61. The van der Waals surface area contributed by atoms with Crippen molar-refractivity contribution < 1.29 is 13.2 Å². The molecule has 0 saturated carbocycles. The third-order valence-electron chi connectivity index (χ3n) is 3.56. The van der Waals surface area contributed by atoms with Gasteiger partial charge < -0.3 is 10.2 Å². The highest BCUT2D eigenvalue weighted by molar-refractivity contribution is 7.89. The number of anilines is 2. The molecule has 0 aliphatic heterocycles. The lowest BCUT2D eigenvalue weighted by molar-refractivity contribution is 0.102. The second-order valence-electron chi connectivity index (χ2n) is 5.83. The summed E-state index contributed by atoms with van der Waals surface area (Å²) >= 11 is 5.92. The first-order chi connectivity index (χ1) is 11.6. The molecule has 0 fully saturated rings. The van der Waals surface area contributed by atoms with E-state index in [1.165, 1.54) is 26.2 Å². The summed E-state index contributed by atoms with van der Waals surface area (Å²) in [5.74, 6) is -0.370. The zero-order valence-electron chi connectivity index (χ0n) is 14.4. The zero-order chi connectivity index (χ0) is 18.8. The first kappa shape index (κ1) is 19.2. The van der Waals surface area contributed by atoms with Gasteiger partial charge in [0.1, 0.15) is 0 Å². The van der Waals surface area contributed by atoms with Crippen molar-refractivity contribution in [3.05, 3.63) is 53.1 Å². The van der Waals surface area contributed by atoms with Gasteiger partial charge in [-0.15, -0.1) is 0 Å². The number of amides is 1. The molecule has 0 heterocycles. The van der Waals surface area contributed by atoms with E-state index in [1.54, 1.807) is 35.2 Å². The van der Waals surface area contributed by atoms with E-state index in [9.17, 15) is 13.2 Å². The number of carbonyl (C=O) groups is 1. The minimum Gasteiger partial charge on any atom is -0.376 e.